The molecule has 0 aliphatic rings. The molecule has 1 amide bonds. The molecule has 0 heterocycles. The van der Waals surface area contributed by atoms with E-state index >= 15 is 0 Å². The lowest BCUT2D eigenvalue weighted by Gasteiger charge is -2.16. The third kappa shape index (κ3) is 4.87. The summed E-state index contributed by atoms with van der Waals surface area (Å²) < 4.78 is 9.87. The van der Waals surface area contributed by atoms with Crippen LogP contribution in [-0.2, 0) is 14.3 Å². The molecule has 1 rings (SSSR count). The summed E-state index contributed by atoms with van der Waals surface area (Å²) in [7, 11) is 1.35. The fourth-order valence-electron chi connectivity index (χ4n) is 1.50. The van der Waals surface area contributed by atoms with Crippen molar-refractivity contribution in [2.24, 2.45) is 5.73 Å². The maximum atomic E-state index is 11.5. The van der Waals surface area contributed by atoms with Gasteiger partial charge in [-0.25, -0.2) is 4.79 Å². The van der Waals surface area contributed by atoms with Gasteiger partial charge in [-0.05, 0) is 18.6 Å². The lowest BCUT2D eigenvalue weighted by atomic mass is 10.2. The molecule has 0 aliphatic heterocycles. The summed E-state index contributed by atoms with van der Waals surface area (Å²) in [5.41, 5.74) is 5.71. The first-order valence-corrected chi connectivity index (χ1v) is 5.92. The maximum Gasteiger partial charge on any atom is 0.328 e. The van der Waals surface area contributed by atoms with E-state index in [0.717, 1.165) is 0 Å². The fourth-order valence-corrected chi connectivity index (χ4v) is 1.50. The van der Waals surface area contributed by atoms with Crippen LogP contribution in [0.3, 0.4) is 0 Å². The number of nitrogens with two attached hydrogens (primary N) is 1. The Labute approximate surface area is 111 Å². The highest BCUT2D eigenvalue weighted by atomic mass is 16.5. The van der Waals surface area contributed by atoms with Crippen LogP contribution >= 0.6 is 0 Å². The van der Waals surface area contributed by atoms with E-state index in [2.05, 4.69) is 5.32 Å². The number of esters is 1. The van der Waals surface area contributed by atoms with Crippen LogP contribution in [0.25, 0.3) is 0 Å². The number of nitrogens with one attached hydrogen (secondary N) is 1. The molecule has 1 unspecified atom stereocenters. The van der Waals surface area contributed by atoms with Crippen molar-refractivity contribution < 1.29 is 19.1 Å². The molecule has 6 heteroatoms. The van der Waals surface area contributed by atoms with E-state index in [9.17, 15) is 9.59 Å². The maximum absolute atomic E-state index is 11.5. The predicted octanol–water partition coefficient (Wildman–Crippen LogP) is 0.914. The first-order valence-electron chi connectivity index (χ1n) is 5.92. The molecule has 1 aromatic carbocycles. The summed E-state index contributed by atoms with van der Waals surface area (Å²) in [6, 6.07) is 6.52. The molecule has 0 aliphatic carbocycles. The second-order valence-electron chi connectivity index (χ2n) is 3.91. The average molecular weight is 266 g/mol. The zero-order valence-corrected chi connectivity index (χ0v) is 11.0. The SMILES string of the molecule is CCC(Nc1cccc(OCC(N)=O)c1)C(=O)OC. The van der Waals surface area contributed by atoms with Gasteiger partial charge in [-0.2, -0.15) is 0 Å². The van der Waals surface area contributed by atoms with E-state index in [1.54, 1.807) is 24.3 Å². The number of methoxy groups -OCH3 is 1. The number of hydrogen-bond donors (Lipinski definition) is 2. The van der Waals surface area contributed by atoms with Gasteiger partial charge in [-0.3, -0.25) is 4.79 Å². The Kier molecular flexibility index (Phi) is 5.66. The number of primary amides is 1. The topological polar surface area (TPSA) is 90.6 Å². The third-order valence-corrected chi connectivity index (χ3v) is 2.45. The van der Waals surface area contributed by atoms with Crippen molar-refractivity contribution in [2.45, 2.75) is 19.4 Å². The van der Waals surface area contributed by atoms with Crippen LogP contribution < -0.4 is 15.8 Å². The van der Waals surface area contributed by atoms with Gasteiger partial charge in [0.2, 0.25) is 0 Å². The van der Waals surface area contributed by atoms with Crippen LogP contribution in [0.15, 0.2) is 24.3 Å². The van der Waals surface area contributed by atoms with Gasteiger partial charge in [0.15, 0.2) is 6.61 Å². The number of benzene rings is 1. The molecule has 19 heavy (non-hydrogen) atoms. The van der Waals surface area contributed by atoms with Crippen LogP contribution in [0.4, 0.5) is 5.69 Å². The molecule has 1 aromatic rings. The van der Waals surface area contributed by atoms with Gasteiger partial charge in [0.05, 0.1) is 7.11 Å². The molecule has 0 fully saturated rings. The highest BCUT2D eigenvalue weighted by Gasteiger charge is 2.16. The van der Waals surface area contributed by atoms with Crippen molar-refractivity contribution in [3.63, 3.8) is 0 Å². The van der Waals surface area contributed by atoms with Crippen molar-refractivity contribution in [1.29, 1.82) is 0 Å². The molecule has 0 bridgehead atoms. The lowest BCUT2D eigenvalue weighted by molar-refractivity contribution is -0.141. The van der Waals surface area contributed by atoms with E-state index in [1.165, 1.54) is 7.11 Å². The Morgan fingerprint density at radius 3 is 2.74 bits per heavy atom. The molecule has 0 saturated carbocycles. The molecule has 0 saturated heterocycles. The molecule has 6 nitrogen and oxygen atoms in total. The number of anilines is 1. The number of hydrogen-bond acceptors (Lipinski definition) is 5. The standard InChI is InChI=1S/C13H18N2O4/c1-3-11(13(17)18-2)15-9-5-4-6-10(7-9)19-8-12(14)16/h4-7,11,15H,3,8H2,1-2H3,(H2,14,16). The summed E-state index contributed by atoms with van der Waals surface area (Å²) in [6.07, 6.45) is 0.596. The molecule has 3 N–H and O–H groups in total. The zero-order chi connectivity index (χ0) is 14.3. The molecule has 0 aromatic heterocycles. The minimum absolute atomic E-state index is 0.183. The molecular formula is C13H18N2O4. The minimum Gasteiger partial charge on any atom is -0.484 e. The van der Waals surface area contributed by atoms with Gasteiger partial charge < -0.3 is 20.5 Å². The third-order valence-electron chi connectivity index (χ3n) is 2.45. The van der Waals surface area contributed by atoms with Gasteiger partial charge in [-0.1, -0.05) is 13.0 Å². The Hall–Kier alpha value is -2.24. The second kappa shape index (κ2) is 7.25. The normalized spacial score (nSPS) is 11.5. The zero-order valence-electron chi connectivity index (χ0n) is 11.0. The highest BCUT2D eigenvalue weighted by Crippen LogP contribution is 2.18. The average Bonchev–Trinajstić information content (AvgIpc) is 2.42. The van der Waals surface area contributed by atoms with Crippen molar-refractivity contribution in [1.82, 2.24) is 0 Å². The van der Waals surface area contributed by atoms with Gasteiger partial charge >= 0.3 is 5.97 Å². The van der Waals surface area contributed by atoms with Crippen LogP contribution in [0, 0.1) is 0 Å². The Balaban J connectivity index is 2.70. The van der Waals surface area contributed by atoms with Crippen molar-refractivity contribution in [3.05, 3.63) is 24.3 Å². The van der Waals surface area contributed by atoms with Crippen molar-refractivity contribution >= 4 is 17.6 Å². The number of amides is 1. The van der Waals surface area contributed by atoms with Crippen molar-refractivity contribution in [2.75, 3.05) is 19.0 Å². The van der Waals surface area contributed by atoms with Gasteiger partial charge in [0.1, 0.15) is 11.8 Å². The van der Waals surface area contributed by atoms with Gasteiger partial charge in [0, 0.05) is 11.8 Å². The molecule has 0 spiro atoms. The lowest BCUT2D eigenvalue weighted by Crippen LogP contribution is -2.29. The summed E-state index contributed by atoms with van der Waals surface area (Å²) >= 11 is 0. The van der Waals surface area contributed by atoms with E-state index in [0.29, 0.717) is 17.9 Å². The van der Waals surface area contributed by atoms with E-state index < -0.39 is 11.9 Å². The first-order chi connectivity index (χ1) is 9.06. The van der Waals surface area contributed by atoms with Crippen molar-refractivity contribution in [3.8, 4) is 5.75 Å². The van der Waals surface area contributed by atoms with E-state index in [-0.39, 0.29) is 12.6 Å². The number of ether oxygens (including phenoxy) is 2. The van der Waals surface area contributed by atoms with Gasteiger partial charge in [-0.15, -0.1) is 0 Å². The quantitative estimate of drug-likeness (QED) is 0.716. The summed E-state index contributed by atoms with van der Waals surface area (Å²) in [4.78, 5) is 22.1. The molecule has 104 valence electrons. The fraction of sp³-hybridized carbons (Fsp3) is 0.385. The Morgan fingerprint density at radius 2 is 2.16 bits per heavy atom. The smallest absolute Gasteiger partial charge is 0.328 e. The van der Waals surface area contributed by atoms with Gasteiger partial charge in [0.25, 0.3) is 5.91 Å². The number of carbonyl (C=O) groups is 2. The minimum atomic E-state index is -0.542. The predicted molar refractivity (Wildman–Crippen MR) is 70.8 cm³/mol. The number of carbonyl (C=O) groups excluding carboxylic acids is 2. The van der Waals surface area contributed by atoms with E-state index in [4.69, 9.17) is 15.2 Å². The molecule has 1 atom stereocenters. The molecule has 0 radical (unpaired) electrons. The molecular weight excluding hydrogens is 248 g/mol. The van der Waals surface area contributed by atoms with Crippen LogP contribution in [0.5, 0.6) is 5.75 Å². The number of rotatable bonds is 7. The van der Waals surface area contributed by atoms with Crippen LogP contribution in [-0.4, -0.2) is 31.6 Å². The largest absolute Gasteiger partial charge is 0.484 e. The summed E-state index contributed by atoms with van der Waals surface area (Å²) in [5, 5.41) is 3.04. The monoisotopic (exact) mass is 266 g/mol. The van der Waals surface area contributed by atoms with Crippen LogP contribution in [0.2, 0.25) is 0 Å². The van der Waals surface area contributed by atoms with E-state index in [1.807, 2.05) is 6.92 Å². The second-order valence-corrected chi connectivity index (χ2v) is 3.91. The van der Waals surface area contributed by atoms with Crippen LogP contribution in [0.1, 0.15) is 13.3 Å². The first kappa shape index (κ1) is 14.8. The highest BCUT2D eigenvalue weighted by molar-refractivity contribution is 5.79. The Morgan fingerprint density at radius 1 is 1.42 bits per heavy atom. The summed E-state index contributed by atoms with van der Waals surface area (Å²) in [5.74, 6) is -0.367. The Bertz CT molecular complexity index is 448. The summed E-state index contributed by atoms with van der Waals surface area (Å²) in [6.45, 7) is 1.69.